The van der Waals surface area contributed by atoms with Gasteiger partial charge in [-0.2, -0.15) is 5.10 Å². The molecule has 4 rings (SSSR count). The number of aryl methyl sites for hydroxylation is 2. The highest BCUT2D eigenvalue weighted by atomic mass is 16.3. The van der Waals surface area contributed by atoms with Crippen LogP contribution in [0.15, 0.2) is 54.7 Å². The van der Waals surface area contributed by atoms with Crippen LogP contribution in [-0.2, 0) is 13.1 Å². The first kappa shape index (κ1) is 20.8. The van der Waals surface area contributed by atoms with Crippen molar-refractivity contribution in [3.8, 4) is 11.3 Å². The van der Waals surface area contributed by atoms with E-state index < -0.39 is 0 Å². The number of aromatic nitrogens is 2. The second-order valence-electron chi connectivity index (χ2n) is 8.45. The Morgan fingerprint density at radius 2 is 1.90 bits per heavy atom. The fraction of sp³-hybridized carbons (Fsp3) is 0.400. The molecule has 3 aromatic rings. The van der Waals surface area contributed by atoms with Gasteiger partial charge in [-0.1, -0.05) is 48.0 Å². The van der Waals surface area contributed by atoms with Gasteiger partial charge in [0.2, 0.25) is 0 Å². The minimum atomic E-state index is 0.225. The first-order valence-corrected chi connectivity index (χ1v) is 10.8. The number of H-pyrrole nitrogens is 1. The van der Waals surface area contributed by atoms with Gasteiger partial charge in [-0.3, -0.25) is 14.9 Å². The zero-order chi connectivity index (χ0) is 20.9. The molecule has 0 spiro atoms. The molecule has 1 atom stereocenters. The summed E-state index contributed by atoms with van der Waals surface area (Å²) in [7, 11) is 0. The third-order valence-corrected chi connectivity index (χ3v) is 6.15. The van der Waals surface area contributed by atoms with Crippen LogP contribution in [0.25, 0.3) is 11.3 Å². The average molecular weight is 405 g/mol. The molecule has 0 aliphatic carbocycles. The Labute approximate surface area is 179 Å². The van der Waals surface area contributed by atoms with E-state index in [0.29, 0.717) is 6.04 Å². The zero-order valence-corrected chi connectivity index (χ0v) is 18.0. The van der Waals surface area contributed by atoms with E-state index in [0.717, 1.165) is 44.8 Å². The van der Waals surface area contributed by atoms with Crippen LogP contribution in [0.2, 0.25) is 0 Å². The summed E-state index contributed by atoms with van der Waals surface area (Å²) in [4.78, 5) is 5.02. The minimum absolute atomic E-state index is 0.225. The maximum atomic E-state index is 9.63. The van der Waals surface area contributed by atoms with E-state index in [1.165, 1.54) is 27.8 Å². The summed E-state index contributed by atoms with van der Waals surface area (Å²) in [6, 6.07) is 17.5. The molecule has 5 nitrogen and oxygen atoms in total. The van der Waals surface area contributed by atoms with E-state index in [1.54, 1.807) is 0 Å². The Hall–Kier alpha value is -2.47. The maximum absolute atomic E-state index is 9.63. The van der Waals surface area contributed by atoms with E-state index in [-0.39, 0.29) is 6.61 Å². The lowest BCUT2D eigenvalue weighted by Gasteiger charge is -2.41. The number of aliphatic hydroxyl groups is 1. The number of nitrogens with one attached hydrogen (secondary N) is 1. The molecular weight excluding hydrogens is 372 g/mol. The monoisotopic (exact) mass is 404 g/mol. The predicted octanol–water partition coefficient (Wildman–Crippen LogP) is 3.76. The van der Waals surface area contributed by atoms with E-state index in [2.05, 4.69) is 82.4 Å². The molecular formula is C25H32N4O. The minimum Gasteiger partial charge on any atom is -0.396 e. The van der Waals surface area contributed by atoms with Crippen LogP contribution in [-0.4, -0.2) is 57.4 Å². The van der Waals surface area contributed by atoms with Crippen molar-refractivity contribution in [2.24, 2.45) is 0 Å². The van der Waals surface area contributed by atoms with Crippen molar-refractivity contribution < 1.29 is 5.11 Å². The molecule has 5 heteroatoms. The zero-order valence-electron chi connectivity index (χ0n) is 18.0. The molecule has 2 N–H and O–H groups in total. The lowest BCUT2D eigenvalue weighted by molar-refractivity contribution is 0.0500. The maximum Gasteiger partial charge on any atom is 0.0698 e. The Kier molecular flexibility index (Phi) is 6.62. The van der Waals surface area contributed by atoms with Gasteiger partial charge in [-0.25, -0.2) is 0 Å². The largest absolute Gasteiger partial charge is 0.396 e. The smallest absolute Gasteiger partial charge is 0.0698 e. The van der Waals surface area contributed by atoms with Crippen LogP contribution >= 0.6 is 0 Å². The molecule has 0 unspecified atom stereocenters. The first-order valence-electron chi connectivity index (χ1n) is 10.8. The molecule has 158 valence electrons. The molecule has 1 aromatic heterocycles. The van der Waals surface area contributed by atoms with Crippen LogP contribution in [0.3, 0.4) is 0 Å². The summed E-state index contributed by atoms with van der Waals surface area (Å²) in [5.74, 6) is 0. The van der Waals surface area contributed by atoms with Gasteiger partial charge in [-0.05, 0) is 37.5 Å². The molecule has 0 radical (unpaired) electrons. The highest BCUT2D eigenvalue weighted by Crippen LogP contribution is 2.27. The summed E-state index contributed by atoms with van der Waals surface area (Å²) in [6.07, 6.45) is 2.77. The average Bonchev–Trinajstić information content (AvgIpc) is 3.20. The third kappa shape index (κ3) is 4.81. The highest BCUT2D eigenvalue weighted by molar-refractivity contribution is 5.67. The van der Waals surface area contributed by atoms with Crippen molar-refractivity contribution in [2.45, 2.75) is 39.4 Å². The van der Waals surface area contributed by atoms with E-state index in [4.69, 9.17) is 0 Å². The fourth-order valence-corrected chi connectivity index (χ4v) is 4.46. The first-order chi connectivity index (χ1) is 14.6. The summed E-state index contributed by atoms with van der Waals surface area (Å²) in [5.41, 5.74) is 7.45. The van der Waals surface area contributed by atoms with Gasteiger partial charge >= 0.3 is 0 Å². The topological polar surface area (TPSA) is 55.4 Å². The van der Waals surface area contributed by atoms with E-state index in [1.807, 2.05) is 6.20 Å². The van der Waals surface area contributed by atoms with Crippen molar-refractivity contribution in [1.29, 1.82) is 0 Å². The van der Waals surface area contributed by atoms with Crippen molar-refractivity contribution in [3.05, 3.63) is 77.0 Å². The normalized spacial score (nSPS) is 18.0. The van der Waals surface area contributed by atoms with Gasteiger partial charge in [0.05, 0.1) is 11.9 Å². The van der Waals surface area contributed by atoms with Gasteiger partial charge in [0, 0.05) is 56.5 Å². The second-order valence-corrected chi connectivity index (χ2v) is 8.45. The number of nitrogens with zero attached hydrogens (tertiary/aromatic N) is 3. The Bertz CT molecular complexity index is 953. The number of aliphatic hydroxyl groups excluding tert-OH is 1. The molecule has 2 aromatic carbocycles. The van der Waals surface area contributed by atoms with Crippen molar-refractivity contribution in [3.63, 3.8) is 0 Å². The Balaban J connectivity index is 1.47. The van der Waals surface area contributed by atoms with E-state index in [9.17, 15) is 5.11 Å². The standard InChI is InChI=1S/C25H32N4O/c1-19-8-9-20(2)24(14-19)25-22(15-26-27-25)17-28-11-12-29(23(18-28)10-13-30)16-21-6-4-3-5-7-21/h3-9,14-15,23,30H,10-13,16-18H2,1-2H3,(H,26,27)/t23-/m1/s1. The van der Waals surface area contributed by atoms with Crippen LogP contribution in [0.1, 0.15) is 28.7 Å². The van der Waals surface area contributed by atoms with Crippen LogP contribution in [0.4, 0.5) is 0 Å². The van der Waals surface area contributed by atoms with Crippen molar-refractivity contribution >= 4 is 0 Å². The Morgan fingerprint density at radius 3 is 2.70 bits per heavy atom. The summed E-state index contributed by atoms with van der Waals surface area (Å²) < 4.78 is 0. The lowest BCUT2D eigenvalue weighted by Crippen LogP contribution is -2.52. The molecule has 0 saturated carbocycles. The quantitative estimate of drug-likeness (QED) is 0.630. The number of hydrogen-bond donors (Lipinski definition) is 2. The van der Waals surface area contributed by atoms with Crippen LogP contribution in [0, 0.1) is 13.8 Å². The van der Waals surface area contributed by atoms with E-state index >= 15 is 0 Å². The summed E-state index contributed by atoms with van der Waals surface area (Å²) >= 11 is 0. The lowest BCUT2D eigenvalue weighted by atomic mass is 10.00. The SMILES string of the molecule is Cc1ccc(C)c(-c2[nH]ncc2CN2CCN(Cc3ccccc3)[C@H](CCO)C2)c1. The fourth-order valence-electron chi connectivity index (χ4n) is 4.46. The number of hydrogen-bond acceptors (Lipinski definition) is 4. The van der Waals surface area contributed by atoms with Gasteiger partial charge in [0.25, 0.3) is 0 Å². The van der Waals surface area contributed by atoms with Crippen LogP contribution < -0.4 is 0 Å². The molecule has 2 heterocycles. The molecule has 1 saturated heterocycles. The van der Waals surface area contributed by atoms with Gasteiger partial charge in [0.15, 0.2) is 0 Å². The number of rotatable bonds is 7. The molecule has 1 aliphatic rings. The summed E-state index contributed by atoms with van der Waals surface area (Å²) in [5, 5.41) is 17.2. The van der Waals surface area contributed by atoms with Crippen molar-refractivity contribution in [1.82, 2.24) is 20.0 Å². The number of piperazine rings is 1. The molecule has 0 bridgehead atoms. The third-order valence-electron chi connectivity index (χ3n) is 6.15. The molecule has 0 amide bonds. The van der Waals surface area contributed by atoms with Gasteiger partial charge < -0.3 is 5.11 Å². The van der Waals surface area contributed by atoms with Gasteiger partial charge in [0.1, 0.15) is 0 Å². The molecule has 30 heavy (non-hydrogen) atoms. The predicted molar refractivity (Wildman–Crippen MR) is 121 cm³/mol. The summed E-state index contributed by atoms with van der Waals surface area (Å²) in [6.45, 7) is 9.32. The van der Waals surface area contributed by atoms with Gasteiger partial charge in [-0.15, -0.1) is 0 Å². The molecule has 1 aliphatic heterocycles. The number of aromatic amines is 1. The number of benzene rings is 2. The van der Waals surface area contributed by atoms with Crippen LogP contribution in [0.5, 0.6) is 0 Å². The molecule has 1 fully saturated rings. The Morgan fingerprint density at radius 1 is 1.07 bits per heavy atom. The highest BCUT2D eigenvalue weighted by Gasteiger charge is 2.27. The van der Waals surface area contributed by atoms with Crippen molar-refractivity contribution in [2.75, 3.05) is 26.2 Å². The second kappa shape index (κ2) is 9.56.